The van der Waals surface area contributed by atoms with Gasteiger partial charge in [0, 0.05) is 31.9 Å². The zero-order valence-corrected chi connectivity index (χ0v) is 20.0. The van der Waals surface area contributed by atoms with Crippen molar-refractivity contribution in [3.63, 3.8) is 0 Å². The molecule has 1 aliphatic heterocycles. The summed E-state index contributed by atoms with van der Waals surface area (Å²) in [5, 5.41) is 7.22. The summed E-state index contributed by atoms with van der Waals surface area (Å²) in [6.45, 7) is 5.49. The van der Waals surface area contributed by atoms with E-state index in [0.717, 1.165) is 62.4 Å². The van der Waals surface area contributed by atoms with Crippen molar-refractivity contribution in [1.29, 1.82) is 0 Å². The number of esters is 1. The molecule has 33 heavy (non-hydrogen) atoms. The second-order valence-electron chi connectivity index (χ2n) is 8.65. The van der Waals surface area contributed by atoms with E-state index in [1.807, 2.05) is 37.4 Å². The third-order valence-corrected chi connectivity index (χ3v) is 6.30. The number of likely N-dealkylation sites (tertiary alicyclic amines) is 1. The van der Waals surface area contributed by atoms with E-state index >= 15 is 0 Å². The lowest BCUT2D eigenvalue weighted by atomic mass is 9.94. The van der Waals surface area contributed by atoms with Crippen LogP contribution in [0.3, 0.4) is 0 Å². The molecule has 1 aromatic carbocycles. The highest BCUT2D eigenvalue weighted by molar-refractivity contribution is 5.95. The number of carbonyl (C=O) groups is 2. The van der Waals surface area contributed by atoms with Gasteiger partial charge in [-0.1, -0.05) is 13.3 Å². The van der Waals surface area contributed by atoms with Gasteiger partial charge in [0.15, 0.2) is 0 Å². The summed E-state index contributed by atoms with van der Waals surface area (Å²) in [5.74, 6) is 0.840. The molecule has 2 aromatic rings. The topological polar surface area (TPSA) is 85.7 Å². The molecular weight excluding hydrogens is 420 g/mol. The lowest BCUT2D eigenvalue weighted by Crippen LogP contribution is -2.37. The highest BCUT2D eigenvalue weighted by Gasteiger charge is 2.23. The Balaban J connectivity index is 1.42. The smallest absolute Gasteiger partial charge is 0.305 e. The van der Waals surface area contributed by atoms with E-state index in [2.05, 4.69) is 22.2 Å². The number of aromatic nitrogens is 2. The second-order valence-corrected chi connectivity index (χ2v) is 8.65. The van der Waals surface area contributed by atoms with Crippen LogP contribution in [0.5, 0.6) is 5.75 Å². The summed E-state index contributed by atoms with van der Waals surface area (Å²) in [6, 6.07) is 9.42. The lowest BCUT2D eigenvalue weighted by molar-refractivity contribution is -0.142. The van der Waals surface area contributed by atoms with Gasteiger partial charge < -0.3 is 14.8 Å². The molecule has 8 nitrogen and oxygen atoms in total. The fourth-order valence-electron chi connectivity index (χ4n) is 4.32. The Bertz CT molecular complexity index is 888. The maximum absolute atomic E-state index is 12.9. The molecule has 1 aliphatic rings. The van der Waals surface area contributed by atoms with Crippen LogP contribution in [0.15, 0.2) is 36.5 Å². The Morgan fingerprint density at radius 1 is 1.18 bits per heavy atom. The molecule has 0 spiro atoms. The van der Waals surface area contributed by atoms with Gasteiger partial charge in [0.2, 0.25) is 5.91 Å². The third kappa shape index (κ3) is 7.32. The molecule has 1 atom stereocenters. The number of piperidine rings is 1. The molecule has 3 rings (SSSR count). The van der Waals surface area contributed by atoms with Crippen molar-refractivity contribution in [3.05, 3.63) is 42.2 Å². The largest absolute Gasteiger partial charge is 0.492 e. The SMILES string of the molecule is CCCC(C(=O)Nc1ccc(OCCN2CCC(CC(=O)OC)CC2)cc1)c1ccnn1C. The quantitative estimate of drug-likeness (QED) is 0.520. The number of benzene rings is 1. The van der Waals surface area contributed by atoms with Crippen molar-refractivity contribution >= 4 is 17.6 Å². The number of aryl methyl sites for hydroxylation is 1. The van der Waals surface area contributed by atoms with Gasteiger partial charge in [0.25, 0.3) is 0 Å². The number of methoxy groups -OCH3 is 1. The van der Waals surface area contributed by atoms with E-state index in [-0.39, 0.29) is 17.8 Å². The zero-order valence-electron chi connectivity index (χ0n) is 20.0. The Hall–Kier alpha value is -2.87. The average molecular weight is 457 g/mol. The number of carbonyl (C=O) groups excluding carboxylic acids is 2. The van der Waals surface area contributed by atoms with Gasteiger partial charge >= 0.3 is 5.97 Å². The molecule has 2 heterocycles. The summed E-state index contributed by atoms with van der Waals surface area (Å²) in [5.41, 5.74) is 1.67. The first kappa shape index (κ1) is 24.8. The Morgan fingerprint density at radius 2 is 1.91 bits per heavy atom. The van der Waals surface area contributed by atoms with E-state index in [1.54, 1.807) is 10.9 Å². The van der Waals surface area contributed by atoms with Gasteiger partial charge in [-0.3, -0.25) is 19.2 Å². The van der Waals surface area contributed by atoms with Gasteiger partial charge in [0.1, 0.15) is 12.4 Å². The number of rotatable bonds is 11. The first-order valence-electron chi connectivity index (χ1n) is 11.8. The van der Waals surface area contributed by atoms with Crippen molar-refractivity contribution in [2.45, 2.75) is 44.9 Å². The minimum atomic E-state index is -0.227. The molecule has 0 aliphatic carbocycles. The monoisotopic (exact) mass is 456 g/mol. The number of hydrogen-bond acceptors (Lipinski definition) is 6. The molecule has 1 unspecified atom stereocenters. The fourth-order valence-corrected chi connectivity index (χ4v) is 4.32. The normalized spacial score (nSPS) is 15.7. The van der Waals surface area contributed by atoms with Crippen molar-refractivity contribution in [2.24, 2.45) is 13.0 Å². The third-order valence-electron chi connectivity index (χ3n) is 6.30. The maximum atomic E-state index is 12.9. The summed E-state index contributed by atoms with van der Waals surface area (Å²) < 4.78 is 12.4. The molecule has 180 valence electrons. The van der Waals surface area contributed by atoms with Crippen molar-refractivity contribution in [2.75, 3.05) is 38.7 Å². The Kier molecular flexibility index (Phi) is 9.30. The fraction of sp³-hybridized carbons (Fsp3) is 0.560. The maximum Gasteiger partial charge on any atom is 0.305 e. The number of nitrogens with one attached hydrogen (secondary N) is 1. The summed E-state index contributed by atoms with van der Waals surface area (Å²) in [4.78, 5) is 26.7. The van der Waals surface area contributed by atoms with Crippen LogP contribution in [0.2, 0.25) is 0 Å². The van der Waals surface area contributed by atoms with Gasteiger partial charge in [-0.15, -0.1) is 0 Å². The van der Waals surface area contributed by atoms with Crippen LogP contribution in [0.25, 0.3) is 0 Å². The number of hydrogen-bond donors (Lipinski definition) is 1. The highest BCUT2D eigenvalue weighted by atomic mass is 16.5. The van der Waals surface area contributed by atoms with Gasteiger partial charge in [0.05, 0.1) is 18.7 Å². The zero-order chi connectivity index (χ0) is 23.6. The summed E-state index contributed by atoms with van der Waals surface area (Å²) in [6.07, 6.45) is 5.96. The number of anilines is 1. The van der Waals surface area contributed by atoms with Crippen LogP contribution in [0, 0.1) is 5.92 Å². The molecule has 1 amide bonds. The van der Waals surface area contributed by atoms with Gasteiger partial charge in [-0.05, 0) is 68.6 Å². The summed E-state index contributed by atoms with van der Waals surface area (Å²) in [7, 11) is 3.31. The number of nitrogens with zero attached hydrogens (tertiary/aromatic N) is 3. The van der Waals surface area contributed by atoms with E-state index in [9.17, 15) is 9.59 Å². The standard InChI is InChI=1S/C25H36N4O4/c1-4-5-22(23-10-13-26-28(23)2)25(31)27-20-6-8-21(9-7-20)33-17-16-29-14-11-19(12-15-29)18-24(30)32-3/h6-10,13,19,22H,4-5,11-12,14-18H2,1-3H3,(H,27,31). The predicted octanol–water partition coefficient (Wildman–Crippen LogP) is 3.60. The van der Waals surface area contributed by atoms with E-state index in [4.69, 9.17) is 9.47 Å². The molecule has 0 radical (unpaired) electrons. The van der Waals surface area contributed by atoms with E-state index < -0.39 is 0 Å². The molecule has 1 saturated heterocycles. The molecule has 1 N–H and O–H groups in total. The first-order valence-corrected chi connectivity index (χ1v) is 11.8. The van der Waals surface area contributed by atoms with E-state index in [1.165, 1.54) is 7.11 Å². The molecule has 0 saturated carbocycles. The van der Waals surface area contributed by atoms with Crippen molar-refractivity contribution in [3.8, 4) is 5.75 Å². The lowest BCUT2D eigenvalue weighted by Gasteiger charge is -2.31. The number of amides is 1. The summed E-state index contributed by atoms with van der Waals surface area (Å²) >= 11 is 0. The molecular formula is C25H36N4O4. The molecule has 1 fully saturated rings. The van der Waals surface area contributed by atoms with Crippen LogP contribution in [-0.2, 0) is 21.4 Å². The molecule has 1 aromatic heterocycles. The van der Waals surface area contributed by atoms with Crippen LogP contribution in [-0.4, -0.2) is 59.9 Å². The second kappa shape index (κ2) is 12.4. The van der Waals surface area contributed by atoms with Crippen LogP contribution in [0.1, 0.15) is 50.6 Å². The number of ether oxygens (including phenoxy) is 2. The minimum absolute atomic E-state index is 0.0234. The Morgan fingerprint density at radius 3 is 2.52 bits per heavy atom. The predicted molar refractivity (Wildman–Crippen MR) is 127 cm³/mol. The van der Waals surface area contributed by atoms with E-state index in [0.29, 0.717) is 18.9 Å². The Labute approximate surface area is 196 Å². The molecule has 0 bridgehead atoms. The van der Waals surface area contributed by atoms with Crippen molar-refractivity contribution in [1.82, 2.24) is 14.7 Å². The van der Waals surface area contributed by atoms with Gasteiger partial charge in [-0.25, -0.2) is 0 Å². The van der Waals surface area contributed by atoms with Crippen molar-refractivity contribution < 1.29 is 19.1 Å². The van der Waals surface area contributed by atoms with Gasteiger partial charge in [-0.2, -0.15) is 5.10 Å². The van der Waals surface area contributed by atoms with Crippen LogP contribution >= 0.6 is 0 Å². The average Bonchev–Trinajstić information content (AvgIpc) is 3.25. The first-order chi connectivity index (χ1) is 16.0. The highest BCUT2D eigenvalue weighted by Crippen LogP contribution is 2.24. The molecule has 8 heteroatoms. The minimum Gasteiger partial charge on any atom is -0.492 e. The van der Waals surface area contributed by atoms with Crippen LogP contribution in [0.4, 0.5) is 5.69 Å². The van der Waals surface area contributed by atoms with Crippen LogP contribution < -0.4 is 10.1 Å².